The summed E-state index contributed by atoms with van der Waals surface area (Å²) in [7, 11) is 1.27. The van der Waals surface area contributed by atoms with Crippen LogP contribution < -0.4 is 11.1 Å². The average Bonchev–Trinajstić information content (AvgIpc) is 2.51. The van der Waals surface area contributed by atoms with E-state index in [1.165, 1.54) is 7.11 Å². The largest absolute Gasteiger partial charge is 0.467 e. The van der Waals surface area contributed by atoms with Crippen LogP contribution in [0.1, 0.15) is 29.3 Å². The van der Waals surface area contributed by atoms with Crippen LogP contribution in [0, 0.1) is 0 Å². The van der Waals surface area contributed by atoms with Crippen molar-refractivity contribution in [2.45, 2.75) is 25.8 Å². The predicted octanol–water partition coefficient (Wildman–Crippen LogP) is 0.438. The molecule has 114 valence electrons. The molecule has 0 bridgehead atoms. The van der Waals surface area contributed by atoms with Gasteiger partial charge in [-0.2, -0.15) is 0 Å². The van der Waals surface area contributed by atoms with Gasteiger partial charge in [0, 0.05) is 12.0 Å². The van der Waals surface area contributed by atoms with Gasteiger partial charge in [0.05, 0.1) is 13.7 Å². The minimum absolute atomic E-state index is 0.0207. The molecule has 0 aliphatic heterocycles. The molecule has 0 radical (unpaired) electrons. The predicted molar refractivity (Wildman–Crippen MR) is 77.8 cm³/mol. The Bertz CT molecular complexity index is 511. The highest BCUT2D eigenvalue weighted by Crippen LogP contribution is 2.07. The lowest BCUT2D eigenvalue weighted by Crippen LogP contribution is -2.39. The van der Waals surface area contributed by atoms with E-state index < -0.39 is 12.0 Å². The maximum atomic E-state index is 11.7. The van der Waals surface area contributed by atoms with Crippen LogP contribution in [0.5, 0.6) is 0 Å². The average molecular weight is 292 g/mol. The number of carbonyl (C=O) groups excluding carboxylic acids is 3. The molecule has 0 aromatic heterocycles. The number of benzene rings is 1. The molecule has 1 amide bonds. The summed E-state index contributed by atoms with van der Waals surface area (Å²) >= 11 is 0. The molecule has 6 nitrogen and oxygen atoms in total. The molecule has 6 heteroatoms. The molecule has 0 fully saturated rings. The number of ether oxygens (including phenoxy) is 1. The molecule has 0 saturated carbocycles. The molecule has 0 aliphatic rings. The van der Waals surface area contributed by atoms with Gasteiger partial charge in [0.1, 0.15) is 6.04 Å². The second-order valence-corrected chi connectivity index (χ2v) is 4.64. The van der Waals surface area contributed by atoms with Crippen LogP contribution in [-0.2, 0) is 20.7 Å². The molecule has 1 atom stereocenters. The molecule has 0 aliphatic carbocycles. The van der Waals surface area contributed by atoms with Crippen LogP contribution >= 0.6 is 0 Å². The zero-order valence-electron chi connectivity index (χ0n) is 12.2. The van der Waals surface area contributed by atoms with E-state index >= 15 is 0 Å². The summed E-state index contributed by atoms with van der Waals surface area (Å²) in [5, 5.41) is 2.56. The number of aryl methyl sites for hydroxylation is 1. The van der Waals surface area contributed by atoms with Gasteiger partial charge in [-0.3, -0.25) is 9.59 Å². The third-order valence-corrected chi connectivity index (χ3v) is 3.03. The van der Waals surface area contributed by atoms with E-state index in [-0.39, 0.29) is 24.7 Å². The summed E-state index contributed by atoms with van der Waals surface area (Å²) in [5.41, 5.74) is 6.78. The van der Waals surface area contributed by atoms with E-state index in [0.717, 1.165) is 5.56 Å². The number of carbonyl (C=O) groups is 3. The van der Waals surface area contributed by atoms with Crippen molar-refractivity contribution in [1.29, 1.82) is 0 Å². The molecule has 0 unspecified atom stereocenters. The van der Waals surface area contributed by atoms with Gasteiger partial charge in [0.25, 0.3) is 0 Å². The highest BCUT2D eigenvalue weighted by molar-refractivity contribution is 5.97. The number of hydrogen-bond acceptors (Lipinski definition) is 5. The Labute approximate surface area is 123 Å². The molecular weight excluding hydrogens is 272 g/mol. The number of nitrogens with one attached hydrogen (secondary N) is 1. The second kappa shape index (κ2) is 8.16. The first-order valence-corrected chi connectivity index (χ1v) is 6.67. The van der Waals surface area contributed by atoms with Crippen molar-refractivity contribution in [1.82, 2.24) is 5.32 Å². The van der Waals surface area contributed by atoms with E-state index in [2.05, 4.69) is 10.1 Å². The number of amides is 1. The highest BCUT2D eigenvalue weighted by atomic mass is 16.5. The fourth-order valence-corrected chi connectivity index (χ4v) is 1.78. The van der Waals surface area contributed by atoms with Gasteiger partial charge in [0.2, 0.25) is 5.91 Å². The van der Waals surface area contributed by atoms with Crippen molar-refractivity contribution in [3.05, 3.63) is 35.4 Å². The van der Waals surface area contributed by atoms with Crippen LogP contribution in [0.25, 0.3) is 0 Å². The van der Waals surface area contributed by atoms with E-state index in [9.17, 15) is 14.4 Å². The van der Waals surface area contributed by atoms with E-state index in [4.69, 9.17) is 5.73 Å². The summed E-state index contributed by atoms with van der Waals surface area (Å²) in [6.07, 6.45) is 0.780. The molecule has 1 rings (SSSR count). The quantitative estimate of drug-likeness (QED) is 0.561. The van der Waals surface area contributed by atoms with Crippen LogP contribution in [0.2, 0.25) is 0 Å². The first-order chi connectivity index (χ1) is 9.97. The lowest BCUT2D eigenvalue weighted by Gasteiger charge is -2.11. The molecule has 1 aromatic carbocycles. The minimum atomic E-state index is -0.660. The van der Waals surface area contributed by atoms with Crippen LogP contribution in [-0.4, -0.2) is 37.4 Å². The van der Waals surface area contributed by atoms with Gasteiger partial charge in [-0.15, -0.1) is 0 Å². The Kier molecular flexibility index (Phi) is 6.55. The minimum Gasteiger partial charge on any atom is -0.467 e. The molecular formula is C15H20N2O4. The number of nitrogens with two attached hydrogens (primary N) is 1. The molecule has 3 N–H and O–H groups in total. The zero-order chi connectivity index (χ0) is 15.8. The third kappa shape index (κ3) is 5.35. The van der Waals surface area contributed by atoms with Crippen molar-refractivity contribution >= 4 is 17.7 Å². The van der Waals surface area contributed by atoms with Gasteiger partial charge >= 0.3 is 5.97 Å². The maximum absolute atomic E-state index is 11.7. The Hall–Kier alpha value is -2.21. The molecule has 21 heavy (non-hydrogen) atoms. The number of hydrogen-bond donors (Lipinski definition) is 2. The SMILES string of the molecule is COC(=O)[C@H](C)NC(=O)CCc1ccc(C(=O)CN)cc1. The van der Waals surface area contributed by atoms with Crippen molar-refractivity contribution in [3.63, 3.8) is 0 Å². The number of methoxy groups -OCH3 is 1. The number of esters is 1. The highest BCUT2D eigenvalue weighted by Gasteiger charge is 2.15. The Morgan fingerprint density at radius 2 is 1.86 bits per heavy atom. The van der Waals surface area contributed by atoms with Crippen LogP contribution in [0.15, 0.2) is 24.3 Å². The first-order valence-electron chi connectivity index (χ1n) is 6.67. The fraction of sp³-hybridized carbons (Fsp3) is 0.400. The zero-order valence-corrected chi connectivity index (χ0v) is 12.2. The molecule has 0 saturated heterocycles. The summed E-state index contributed by atoms with van der Waals surface area (Å²) in [6, 6.07) is 6.31. The Morgan fingerprint density at radius 3 is 2.38 bits per heavy atom. The number of Topliss-reactive ketones (excluding diaryl/α,β-unsaturated/α-hetero) is 1. The maximum Gasteiger partial charge on any atom is 0.328 e. The van der Waals surface area contributed by atoms with E-state index in [1.54, 1.807) is 31.2 Å². The summed E-state index contributed by atoms with van der Waals surface area (Å²) in [5.74, 6) is -0.825. The van der Waals surface area contributed by atoms with Crippen molar-refractivity contribution in [2.24, 2.45) is 5.73 Å². The standard InChI is InChI=1S/C15H20N2O4/c1-10(15(20)21-2)17-14(19)8-5-11-3-6-12(7-4-11)13(18)9-16/h3-4,6-7,10H,5,8-9,16H2,1-2H3,(H,17,19)/t10-/m0/s1. The molecule has 1 aromatic rings. The van der Waals surface area contributed by atoms with E-state index in [0.29, 0.717) is 12.0 Å². The van der Waals surface area contributed by atoms with Gasteiger partial charge in [-0.05, 0) is 18.9 Å². The summed E-state index contributed by atoms with van der Waals surface area (Å²) in [4.78, 5) is 34.2. The fourth-order valence-electron chi connectivity index (χ4n) is 1.78. The van der Waals surface area contributed by atoms with Crippen LogP contribution in [0.4, 0.5) is 0 Å². The van der Waals surface area contributed by atoms with Gasteiger partial charge < -0.3 is 15.8 Å². The third-order valence-electron chi connectivity index (χ3n) is 3.03. The van der Waals surface area contributed by atoms with Crippen molar-refractivity contribution in [2.75, 3.05) is 13.7 Å². The molecule has 0 spiro atoms. The van der Waals surface area contributed by atoms with Crippen molar-refractivity contribution in [3.8, 4) is 0 Å². The molecule has 0 heterocycles. The van der Waals surface area contributed by atoms with Crippen LogP contribution in [0.3, 0.4) is 0 Å². The lowest BCUT2D eigenvalue weighted by molar-refractivity contribution is -0.144. The van der Waals surface area contributed by atoms with Gasteiger partial charge in [-0.25, -0.2) is 4.79 Å². The number of ketones is 1. The Morgan fingerprint density at radius 1 is 1.24 bits per heavy atom. The van der Waals surface area contributed by atoms with Crippen molar-refractivity contribution < 1.29 is 19.1 Å². The smallest absolute Gasteiger partial charge is 0.328 e. The normalized spacial score (nSPS) is 11.6. The topological polar surface area (TPSA) is 98.5 Å². The van der Waals surface area contributed by atoms with E-state index in [1.807, 2.05) is 0 Å². The summed E-state index contributed by atoms with van der Waals surface area (Å²) < 4.78 is 4.53. The second-order valence-electron chi connectivity index (χ2n) is 4.64. The summed E-state index contributed by atoms with van der Waals surface area (Å²) in [6.45, 7) is 1.55. The lowest BCUT2D eigenvalue weighted by atomic mass is 10.0. The van der Waals surface area contributed by atoms with Gasteiger partial charge in [0.15, 0.2) is 5.78 Å². The first kappa shape index (κ1) is 16.8. The Balaban J connectivity index is 2.46. The monoisotopic (exact) mass is 292 g/mol. The van der Waals surface area contributed by atoms with Gasteiger partial charge in [-0.1, -0.05) is 24.3 Å². The number of rotatable bonds is 7.